The predicted molar refractivity (Wildman–Crippen MR) is 148 cm³/mol. The van der Waals surface area contributed by atoms with Gasteiger partial charge in [-0.3, -0.25) is 0 Å². The van der Waals surface area contributed by atoms with Gasteiger partial charge in [-0.25, -0.2) is 9.48 Å². The van der Waals surface area contributed by atoms with Crippen LogP contribution in [0.4, 0.5) is 5.95 Å². The number of fused-ring (bicyclic) bond motifs is 1. The van der Waals surface area contributed by atoms with Gasteiger partial charge in [-0.2, -0.15) is 4.98 Å². The zero-order chi connectivity index (χ0) is 26.0. The van der Waals surface area contributed by atoms with E-state index in [0.29, 0.717) is 29.9 Å². The summed E-state index contributed by atoms with van der Waals surface area (Å²) in [6.45, 7) is 7.15. The quantitative estimate of drug-likeness (QED) is 0.151. The van der Waals surface area contributed by atoms with Gasteiger partial charge in [0.25, 0.3) is 0 Å². The Hall–Kier alpha value is -3.26. The molecule has 0 saturated heterocycles. The van der Waals surface area contributed by atoms with Gasteiger partial charge in [0.1, 0.15) is 11.8 Å². The smallest absolute Gasteiger partial charge is 0.338 e. The molecule has 0 amide bonds. The third-order valence-electron chi connectivity index (χ3n) is 6.16. The summed E-state index contributed by atoms with van der Waals surface area (Å²) in [6.07, 6.45) is 5.42. The lowest BCUT2D eigenvalue weighted by molar-refractivity contribution is -0.139. The lowest BCUT2D eigenvalue weighted by Crippen LogP contribution is -2.29. The molecule has 2 aromatic carbocycles. The molecule has 7 nitrogen and oxygen atoms in total. The summed E-state index contributed by atoms with van der Waals surface area (Å²) in [5.74, 6) is 1.86. The van der Waals surface area contributed by atoms with E-state index in [4.69, 9.17) is 19.6 Å². The number of rotatable bonds is 13. The minimum atomic E-state index is -0.446. The molecule has 0 radical (unpaired) electrons. The Morgan fingerprint density at radius 2 is 1.78 bits per heavy atom. The van der Waals surface area contributed by atoms with Gasteiger partial charge in [-0.15, -0.1) is 5.10 Å². The number of aromatic nitrogens is 3. The first-order valence-corrected chi connectivity index (χ1v) is 14.1. The average molecular weight is 521 g/mol. The molecular weight excluding hydrogens is 484 g/mol. The molecule has 1 N–H and O–H groups in total. The summed E-state index contributed by atoms with van der Waals surface area (Å²) in [7, 11) is 0. The van der Waals surface area contributed by atoms with Crippen LogP contribution in [0.1, 0.15) is 70.0 Å². The van der Waals surface area contributed by atoms with Crippen LogP contribution in [0.5, 0.6) is 5.75 Å². The van der Waals surface area contributed by atoms with Crippen molar-refractivity contribution in [3.63, 3.8) is 0 Å². The minimum Gasteiger partial charge on any atom is -0.494 e. The number of carbonyl (C=O) groups is 1. The first-order chi connectivity index (χ1) is 18.1. The lowest BCUT2D eigenvalue weighted by atomic mass is 9.96. The molecule has 2 heterocycles. The van der Waals surface area contributed by atoms with Crippen molar-refractivity contribution in [1.82, 2.24) is 14.8 Å². The number of thioether (sulfide) groups is 1. The van der Waals surface area contributed by atoms with Crippen molar-refractivity contribution in [2.24, 2.45) is 0 Å². The molecule has 4 rings (SSSR count). The molecule has 3 aromatic rings. The van der Waals surface area contributed by atoms with Crippen LogP contribution in [0, 0.1) is 0 Å². The van der Waals surface area contributed by atoms with Crippen molar-refractivity contribution in [3.8, 4) is 5.75 Å². The number of hydrogen-bond acceptors (Lipinski definition) is 7. The summed E-state index contributed by atoms with van der Waals surface area (Å²) < 4.78 is 13.3. The molecule has 1 atom stereocenters. The lowest BCUT2D eigenvalue weighted by Gasteiger charge is -2.28. The number of nitrogens with one attached hydrogen (secondary N) is 1. The molecule has 37 heavy (non-hydrogen) atoms. The number of ether oxygens (including phenoxy) is 2. The van der Waals surface area contributed by atoms with Gasteiger partial charge in [0.2, 0.25) is 11.1 Å². The van der Waals surface area contributed by atoms with Crippen molar-refractivity contribution >= 4 is 23.7 Å². The van der Waals surface area contributed by atoms with E-state index in [2.05, 4.69) is 24.4 Å². The van der Waals surface area contributed by atoms with Crippen LogP contribution in [0.25, 0.3) is 0 Å². The Bertz CT molecular complexity index is 1190. The van der Waals surface area contributed by atoms with Crippen molar-refractivity contribution in [2.75, 3.05) is 18.5 Å². The number of hydrogen-bond donors (Lipinski definition) is 1. The molecular formula is C29H36N4O3S. The topological polar surface area (TPSA) is 78.3 Å². The van der Waals surface area contributed by atoms with E-state index in [9.17, 15) is 4.79 Å². The van der Waals surface area contributed by atoms with Gasteiger partial charge in [0.15, 0.2) is 0 Å². The Kier molecular flexibility index (Phi) is 9.65. The predicted octanol–water partition coefficient (Wildman–Crippen LogP) is 6.77. The normalized spacial score (nSPS) is 14.7. The highest BCUT2D eigenvalue weighted by atomic mass is 32.2. The summed E-state index contributed by atoms with van der Waals surface area (Å²) >= 11 is 1.57. The molecule has 0 fully saturated rings. The Balaban J connectivity index is 1.57. The summed E-state index contributed by atoms with van der Waals surface area (Å²) in [5.41, 5.74) is 3.39. The van der Waals surface area contributed by atoms with E-state index in [1.54, 1.807) is 16.4 Å². The van der Waals surface area contributed by atoms with Crippen LogP contribution in [-0.4, -0.2) is 33.9 Å². The fraction of sp³-hybridized carbons (Fsp3) is 0.414. The molecule has 0 spiro atoms. The molecule has 0 aliphatic carbocycles. The number of unbranched alkanes of at least 4 members (excludes halogenated alkanes) is 3. The number of benzene rings is 2. The summed E-state index contributed by atoms with van der Waals surface area (Å²) in [4.78, 5) is 17.9. The average Bonchev–Trinajstić information content (AvgIpc) is 3.33. The van der Waals surface area contributed by atoms with Gasteiger partial charge < -0.3 is 14.8 Å². The van der Waals surface area contributed by atoms with Crippen LogP contribution in [0.15, 0.2) is 71.0 Å². The number of nitrogens with zero attached hydrogens (tertiary/aromatic N) is 3. The monoisotopic (exact) mass is 520 g/mol. The maximum absolute atomic E-state index is 13.2. The molecule has 1 aromatic heterocycles. The Morgan fingerprint density at radius 1 is 1.00 bits per heavy atom. The van der Waals surface area contributed by atoms with Gasteiger partial charge >= 0.3 is 5.97 Å². The van der Waals surface area contributed by atoms with Crippen LogP contribution in [0.2, 0.25) is 0 Å². The van der Waals surface area contributed by atoms with Crippen LogP contribution >= 0.6 is 11.8 Å². The number of esters is 1. The molecule has 0 bridgehead atoms. The number of allylic oxidation sites excluding steroid dienone is 1. The summed E-state index contributed by atoms with van der Waals surface area (Å²) in [5, 5.41) is 8.73. The third-order valence-corrected chi connectivity index (χ3v) is 7.07. The Morgan fingerprint density at radius 3 is 2.51 bits per heavy atom. The zero-order valence-electron chi connectivity index (χ0n) is 21.9. The molecule has 0 saturated carbocycles. The van der Waals surface area contributed by atoms with Gasteiger partial charge in [0.05, 0.1) is 18.8 Å². The standard InChI is InChI=1S/C29H36N4O3S/c1-4-6-7-11-19-35-24-16-14-23(15-17-24)26-25(27(34)36-18-5-2)21(3)30-28-31-29(32-33(26)28)37-20-22-12-9-8-10-13-22/h8-10,12-17,26H,4-7,11,18-20H2,1-3H3,(H,30,31,32). The van der Waals surface area contributed by atoms with Crippen LogP contribution in [0.3, 0.4) is 0 Å². The van der Waals surface area contributed by atoms with E-state index in [1.807, 2.05) is 56.3 Å². The van der Waals surface area contributed by atoms with Crippen LogP contribution < -0.4 is 10.1 Å². The molecule has 1 aliphatic rings. The number of anilines is 1. The largest absolute Gasteiger partial charge is 0.494 e. The van der Waals surface area contributed by atoms with Gasteiger partial charge in [-0.1, -0.05) is 87.3 Å². The highest BCUT2D eigenvalue weighted by Crippen LogP contribution is 2.37. The second-order valence-corrected chi connectivity index (χ2v) is 10.1. The van der Waals surface area contributed by atoms with E-state index < -0.39 is 6.04 Å². The van der Waals surface area contributed by atoms with E-state index in [0.717, 1.165) is 35.6 Å². The highest BCUT2D eigenvalue weighted by molar-refractivity contribution is 7.98. The fourth-order valence-corrected chi connectivity index (χ4v) is 5.01. The maximum atomic E-state index is 13.2. The zero-order valence-corrected chi connectivity index (χ0v) is 22.7. The van der Waals surface area contributed by atoms with Gasteiger partial charge in [-0.05, 0) is 43.0 Å². The van der Waals surface area contributed by atoms with Crippen molar-refractivity contribution in [3.05, 3.63) is 77.0 Å². The second kappa shape index (κ2) is 13.3. The number of carbonyl (C=O) groups excluding carboxylic acids is 1. The molecule has 196 valence electrons. The van der Waals surface area contributed by atoms with Crippen molar-refractivity contribution in [1.29, 1.82) is 0 Å². The summed E-state index contributed by atoms with van der Waals surface area (Å²) in [6, 6.07) is 17.7. The molecule has 8 heteroatoms. The third kappa shape index (κ3) is 6.95. The Labute approximate surface area is 223 Å². The fourth-order valence-electron chi connectivity index (χ4n) is 4.22. The second-order valence-electron chi connectivity index (χ2n) is 9.12. The van der Waals surface area contributed by atoms with Gasteiger partial charge in [0, 0.05) is 11.4 Å². The van der Waals surface area contributed by atoms with E-state index in [1.165, 1.54) is 24.8 Å². The van der Waals surface area contributed by atoms with E-state index in [-0.39, 0.29) is 5.97 Å². The molecule has 1 aliphatic heterocycles. The molecule has 1 unspecified atom stereocenters. The first-order valence-electron chi connectivity index (χ1n) is 13.1. The maximum Gasteiger partial charge on any atom is 0.338 e. The first kappa shape index (κ1) is 26.8. The van der Waals surface area contributed by atoms with Crippen LogP contribution in [-0.2, 0) is 15.3 Å². The minimum absolute atomic E-state index is 0.340. The van der Waals surface area contributed by atoms with Crippen molar-refractivity contribution in [2.45, 2.75) is 69.8 Å². The highest BCUT2D eigenvalue weighted by Gasteiger charge is 2.35. The van der Waals surface area contributed by atoms with E-state index >= 15 is 0 Å². The van der Waals surface area contributed by atoms with Crippen molar-refractivity contribution < 1.29 is 14.3 Å². The SMILES string of the molecule is CCCCCCOc1ccc(C2C(C(=O)OCCC)=C(C)Nc3nc(SCc4ccccc4)nn32)cc1.